The Kier molecular flexibility index (Phi) is 2.88. The van der Waals surface area contributed by atoms with E-state index in [-0.39, 0.29) is 5.56 Å². The molecule has 0 aromatic carbocycles. The smallest absolute Gasteiger partial charge is 0.297 e. The Labute approximate surface area is 81.9 Å². The molecule has 1 aromatic rings. The molecule has 6 nitrogen and oxygen atoms in total. The maximum atomic E-state index is 12.2. The molecule has 0 aliphatic heterocycles. The highest BCUT2D eigenvalue weighted by Crippen LogP contribution is 2.26. The molecule has 1 rings (SSSR count). The number of hydrogen-bond acceptors (Lipinski definition) is 4. The Morgan fingerprint density at radius 3 is 2.60 bits per heavy atom. The number of nitro groups is 1. The molecule has 0 aliphatic carbocycles. The largest absolute Gasteiger partial charge is 0.366 e. The summed E-state index contributed by atoms with van der Waals surface area (Å²) in [4.78, 5) is 23.1. The minimum Gasteiger partial charge on any atom is -0.366 e. The number of nitrogens with two attached hydrogens (primary N) is 1. The van der Waals surface area contributed by atoms with Crippen LogP contribution in [0.25, 0.3) is 0 Å². The summed E-state index contributed by atoms with van der Waals surface area (Å²) in [5.74, 6) is -0.966. The summed E-state index contributed by atoms with van der Waals surface area (Å²) < 4.78 is 24.5. The van der Waals surface area contributed by atoms with E-state index < -0.39 is 28.6 Å². The van der Waals surface area contributed by atoms with Gasteiger partial charge in [-0.25, -0.2) is 13.8 Å². The predicted molar refractivity (Wildman–Crippen MR) is 44.4 cm³/mol. The molecule has 0 atom stereocenters. The quantitative estimate of drug-likeness (QED) is 0.603. The second-order valence-corrected chi connectivity index (χ2v) is 2.55. The van der Waals surface area contributed by atoms with Crippen molar-refractivity contribution in [3.05, 3.63) is 33.6 Å². The molecular formula is C7H5F2N3O3. The minimum absolute atomic E-state index is 0.286. The van der Waals surface area contributed by atoms with Crippen molar-refractivity contribution in [3.8, 4) is 0 Å². The van der Waals surface area contributed by atoms with Gasteiger partial charge in [0.25, 0.3) is 18.0 Å². The number of carbonyl (C=O) groups is 1. The van der Waals surface area contributed by atoms with Gasteiger partial charge in [-0.1, -0.05) is 0 Å². The normalized spacial score (nSPS) is 10.3. The van der Waals surface area contributed by atoms with Crippen LogP contribution in [0.15, 0.2) is 12.3 Å². The van der Waals surface area contributed by atoms with Crippen LogP contribution in [0.2, 0.25) is 0 Å². The fraction of sp³-hybridized carbons (Fsp3) is 0.143. The van der Waals surface area contributed by atoms with Gasteiger partial charge < -0.3 is 5.73 Å². The number of rotatable bonds is 3. The molecule has 0 saturated heterocycles. The fourth-order valence-corrected chi connectivity index (χ4v) is 0.913. The zero-order valence-electron chi connectivity index (χ0n) is 7.18. The van der Waals surface area contributed by atoms with Gasteiger partial charge in [0.05, 0.1) is 10.5 Å². The van der Waals surface area contributed by atoms with Crippen LogP contribution in [0.5, 0.6) is 0 Å². The molecule has 0 saturated carbocycles. The van der Waals surface area contributed by atoms with Crippen molar-refractivity contribution in [2.75, 3.05) is 0 Å². The monoisotopic (exact) mass is 217 g/mol. The summed E-state index contributed by atoms with van der Waals surface area (Å²) in [5.41, 5.74) is 2.64. The molecule has 2 N–H and O–H groups in total. The zero-order chi connectivity index (χ0) is 11.6. The Hall–Kier alpha value is -2.12. The second kappa shape index (κ2) is 3.95. The maximum absolute atomic E-state index is 12.2. The molecule has 80 valence electrons. The number of alkyl halides is 2. The minimum atomic E-state index is -3.08. The molecule has 0 spiro atoms. The van der Waals surface area contributed by atoms with E-state index in [1.807, 2.05) is 0 Å². The Morgan fingerprint density at radius 1 is 1.60 bits per heavy atom. The van der Waals surface area contributed by atoms with Gasteiger partial charge >= 0.3 is 0 Å². The summed E-state index contributed by atoms with van der Waals surface area (Å²) in [5, 5.41) is 10.4. The van der Waals surface area contributed by atoms with Gasteiger partial charge in [-0.2, -0.15) is 0 Å². The highest BCUT2D eigenvalue weighted by atomic mass is 19.3. The summed E-state index contributed by atoms with van der Waals surface area (Å²) in [6, 6.07) is 0.677. The van der Waals surface area contributed by atoms with Crippen molar-refractivity contribution in [3.63, 3.8) is 0 Å². The van der Waals surface area contributed by atoms with Gasteiger partial charge in [-0.15, -0.1) is 0 Å². The number of aromatic nitrogens is 1. The van der Waals surface area contributed by atoms with Crippen LogP contribution in [-0.4, -0.2) is 15.8 Å². The molecule has 1 aromatic heterocycles. The second-order valence-electron chi connectivity index (χ2n) is 2.55. The standard InChI is InChI=1S/C7H5F2N3O3/c8-6(9)5-4(12(14)15)1-3(2-11-5)7(10)13/h1-2,6H,(H2,10,13). The third-order valence-corrected chi connectivity index (χ3v) is 1.59. The van der Waals surface area contributed by atoms with E-state index in [0.717, 1.165) is 6.20 Å². The topological polar surface area (TPSA) is 99.1 Å². The lowest BCUT2D eigenvalue weighted by atomic mass is 10.2. The predicted octanol–water partition coefficient (Wildman–Crippen LogP) is 1.03. The van der Waals surface area contributed by atoms with Crippen molar-refractivity contribution < 1.29 is 18.5 Å². The van der Waals surface area contributed by atoms with E-state index in [2.05, 4.69) is 4.98 Å². The fourth-order valence-electron chi connectivity index (χ4n) is 0.913. The van der Waals surface area contributed by atoms with Crippen LogP contribution in [0.4, 0.5) is 14.5 Å². The number of primary amides is 1. The number of carbonyl (C=O) groups excluding carboxylic acids is 1. The van der Waals surface area contributed by atoms with Crippen molar-refractivity contribution in [2.45, 2.75) is 6.43 Å². The van der Waals surface area contributed by atoms with Gasteiger partial charge in [0.15, 0.2) is 5.69 Å². The molecular weight excluding hydrogens is 212 g/mol. The lowest BCUT2D eigenvalue weighted by molar-refractivity contribution is -0.386. The third-order valence-electron chi connectivity index (χ3n) is 1.59. The van der Waals surface area contributed by atoms with Gasteiger partial charge in [0, 0.05) is 12.3 Å². The van der Waals surface area contributed by atoms with Crippen LogP contribution in [0.3, 0.4) is 0 Å². The number of pyridine rings is 1. The van der Waals surface area contributed by atoms with Crippen LogP contribution in [0, 0.1) is 10.1 Å². The van der Waals surface area contributed by atoms with Crippen LogP contribution < -0.4 is 5.73 Å². The molecule has 0 bridgehead atoms. The molecule has 0 radical (unpaired) electrons. The van der Waals surface area contributed by atoms with E-state index >= 15 is 0 Å². The zero-order valence-corrected chi connectivity index (χ0v) is 7.18. The van der Waals surface area contributed by atoms with Gasteiger partial charge in [0.2, 0.25) is 0 Å². The molecule has 0 aliphatic rings. The van der Waals surface area contributed by atoms with E-state index in [9.17, 15) is 23.7 Å². The first kappa shape index (κ1) is 11.0. The number of amides is 1. The van der Waals surface area contributed by atoms with E-state index in [4.69, 9.17) is 5.73 Å². The van der Waals surface area contributed by atoms with Gasteiger partial charge in [-0.05, 0) is 0 Å². The van der Waals surface area contributed by atoms with E-state index in [1.165, 1.54) is 0 Å². The SMILES string of the molecule is NC(=O)c1cnc(C(F)F)c([N+](=O)[O-])c1. The van der Waals surface area contributed by atoms with Crippen molar-refractivity contribution >= 4 is 11.6 Å². The average Bonchev–Trinajstić information content (AvgIpc) is 2.16. The van der Waals surface area contributed by atoms with Crippen LogP contribution in [-0.2, 0) is 0 Å². The lowest BCUT2D eigenvalue weighted by Gasteiger charge is -2.01. The first-order valence-corrected chi connectivity index (χ1v) is 3.65. The van der Waals surface area contributed by atoms with E-state index in [1.54, 1.807) is 0 Å². The van der Waals surface area contributed by atoms with Crippen molar-refractivity contribution in [1.29, 1.82) is 0 Å². The first-order valence-electron chi connectivity index (χ1n) is 3.65. The highest BCUT2D eigenvalue weighted by molar-refractivity contribution is 5.93. The molecule has 0 fully saturated rings. The van der Waals surface area contributed by atoms with Crippen molar-refractivity contribution in [2.24, 2.45) is 5.73 Å². The first-order chi connectivity index (χ1) is 6.93. The molecule has 15 heavy (non-hydrogen) atoms. The number of nitrogens with zero attached hydrogens (tertiary/aromatic N) is 2. The average molecular weight is 217 g/mol. The lowest BCUT2D eigenvalue weighted by Crippen LogP contribution is -2.12. The Bertz CT molecular complexity index is 422. The number of halogens is 2. The summed E-state index contributed by atoms with van der Waals surface area (Å²) in [7, 11) is 0. The summed E-state index contributed by atoms with van der Waals surface area (Å²) >= 11 is 0. The number of hydrogen-bond donors (Lipinski definition) is 1. The summed E-state index contributed by atoms with van der Waals surface area (Å²) in [6.45, 7) is 0. The third kappa shape index (κ3) is 2.22. The molecule has 1 amide bonds. The van der Waals surface area contributed by atoms with Crippen LogP contribution >= 0.6 is 0 Å². The maximum Gasteiger partial charge on any atom is 0.297 e. The van der Waals surface area contributed by atoms with Gasteiger partial charge in [-0.3, -0.25) is 14.9 Å². The Morgan fingerprint density at radius 2 is 2.20 bits per heavy atom. The van der Waals surface area contributed by atoms with Crippen molar-refractivity contribution in [1.82, 2.24) is 4.98 Å². The summed E-state index contributed by atoms with van der Waals surface area (Å²) in [6.07, 6.45) is -2.30. The Balaban J connectivity index is 3.33. The van der Waals surface area contributed by atoms with Gasteiger partial charge in [0.1, 0.15) is 0 Å². The highest BCUT2D eigenvalue weighted by Gasteiger charge is 2.24. The molecule has 0 unspecified atom stereocenters. The molecule has 1 heterocycles. The molecule has 8 heteroatoms. The van der Waals surface area contributed by atoms with E-state index in [0.29, 0.717) is 6.07 Å². The van der Waals surface area contributed by atoms with Crippen LogP contribution in [0.1, 0.15) is 22.5 Å².